The molecule has 0 heterocycles. The number of carbonyl (C=O) groups is 2. The van der Waals surface area contributed by atoms with Crippen molar-refractivity contribution in [1.29, 1.82) is 0 Å². The van der Waals surface area contributed by atoms with Crippen molar-refractivity contribution in [2.24, 2.45) is 0 Å². The molecule has 0 saturated heterocycles. The number of benzene rings is 3. The molecule has 4 rings (SSSR count). The lowest BCUT2D eigenvalue weighted by Gasteiger charge is -2.21. The molecule has 0 aliphatic heterocycles. The summed E-state index contributed by atoms with van der Waals surface area (Å²) in [6, 6.07) is 22.5. The fourth-order valence-electron chi connectivity index (χ4n) is 3.92. The van der Waals surface area contributed by atoms with E-state index in [0.717, 1.165) is 26.7 Å². The maximum atomic E-state index is 12.5. The van der Waals surface area contributed by atoms with Crippen LogP contribution in [0.15, 0.2) is 77.3 Å². The average Bonchev–Trinajstić information content (AvgIpc) is 3.05. The average molecular weight is 465 g/mol. The number of hydrogen-bond donors (Lipinski definition) is 1. The van der Waals surface area contributed by atoms with Gasteiger partial charge in [0.25, 0.3) is 0 Å². The molecule has 6 heteroatoms. The molecule has 3 aromatic carbocycles. The highest BCUT2D eigenvalue weighted by molar-refractivity contribution is 9.10. The first-order valence-corrected chi connectivity index (χ1v) is 10.4. The zero-order valence-electron chi connectivity index (χ0n) is 16.0. The van der Waals surface area contributed by atoms with Gasteiger partial charge in [0.2, 0.25) is 0 Å². The van der Waals surface area contributed by atoms with Crippen molar-refractivity contribution in [3.8, 4) is 11.1 Å². The number of carboxylic acids is 1. The van der Waals surface area contributed by atoms with Crippen LogP contribution in [-0.4, -0.2) is 18.7 Å². The summed E-state index contributed by atoms with van der Waals surface area (Å²) in [6.07, 6.45) is -1.01. The zero-order valence-corrected chi connectivity index (χ0v) is 17.6. The van der Waals surface area contributed by atoms with E-state index in [-0.39, 0.29) is 18.9 Å². The predicted molar refractivity (Wildman–Crippen MR) is 115 cm³/mol. The molecular formula is C24H19BrNO4-. The molecule has 0 aromatic heterocycles. The molecule has 30 heavy (non-hydrogen) atoms. The van der Waals surface area contributed by atoms with E-state index >= 15 is 0 Å². The minimum atomic E-state index is -1.25. The number of amides is 1. The lowest BCUT2D eigenvalue weighted by atomic mass is 9.98. The topological polar surface area (TPSA) is 78.5 Å². The minimum absolute atomic E-state index is 0.0615. The first-order valence-electron chi connectivity index (χ1n) is 9.59. The maximum Gasteiger partial charge on any atom is 0.407 e. The van der Waals surface area contributed by atoms with E-state index < -0.39 is 18.1 Å². The number of carbonyl (C=O) groups excluding carboxylic acids is 2. The number of ether oxygens (including phenoxy) is 1. The smallest absolute Gasteiger partial charge is 0.407 e. The van der Waals surface area contributed by atoms with Gasteiger partial charge in [-0.05, 0) is 39.9 Å². The Hall–Kier alpha value is -3.12. The van der Waals surface area contributed by atoms with Crippen molar-refractivity contribution in [1.82, 2.24) is 5.32 Å². The van der Waals surface area contributed by atoms with Crippen LogP contribution >= 0.6 is 15.9 Å². The van der Waals surface area contributed by atoms with Crippen LogP contribution in [0.3, 0.4) is 0 Å². The Morgan fingerprint density at radius 1 is 0.967 bits per heavy atom. The normalized spacial score (nSPS) is 13.2. The van der Waals surface area contributed by atoms with Crippen molar-refractivity contribution in [3.05, 3.63) is 94.0 Å². The molecule has 1 atom stereocenters. The molecule has 0 spiro atoms. The van der Waals surface area contributed by atoms with E-state index in [1.807, 2.05) is 42.5 Å². The molecular weight excluding hydrogens is 446 g/mol. The fraction of sp³-hybridized carbons (Fsp3) is 0.167. The van der Waals surface area contributed by atoms with E-state index in [9.17, 15) is 14.7 Å². The van der Waals surface area contributed by atoms with E-state index in [0.29, 0.717) is 5.56 Å². The Morgan fingerprint density at radius 2 is 1.60 bits per heavy atom. The number of alkyl carbamates (subject to hydrolysis) is 1. The molecule has 1 N–H and O–H groups in total. The molecule has 1 aliphatic carbocycles. The van der Waals surface area contributed by atoms with Gasteiger partial charge in [-0.1, -0.05) is 76.6 Å². The third-order valence-electron chi connectivity index (χ3n) is 5.26. The summed E-state index contributed by atoms with van der Waals surface area (Å²) in [7, 11) is 0. The summed E-state index contributed by atoms with van der Waals surface area (Å²) in [5.41, 5.74) is 5.17. The number of carboxylic acid groups (broad SMARTS) is 1. The highest BCUT2D eigenvalue weighted by Crippen LogP contribution is 2.44. The van der Waals surface area contributed by atoms with Crippen LogP contribution in [0.2, 0.25) is 0 Å². The molecule has 1 aliphatic rings. The van der Waals surface area contributed by atoms with E-state index in [1.54, 1.807) is 18.2 Å². The Morgan fingerprint density at radius 3 is 2.20 bits per heavy atom. The largest absolute Gasteiger partial charge is 0.550 e. The van der Waals surface area contributed by atoms with Crippen molar-refractivity contribution in [2.45, 2.75) is 18.4 Å². The third kappa shape index (κ3) is 4.24. The standard InChI is InChI=1S/C24H20BrNO4/c25-16-7-5-6-15(12-16)22(13-23(27)28)26-24(29)30-14-21-19-10-3-1-8-17(19)18-9-2-4-11-20(18)21/h1-12,21-22H,13-14H2,(H,26,29)(H,27,28)/p-1/t22-/m1/s1. The molecule has 0 radical (unpaired) electrons. The summed E-state index contributed by atoms with van der Waals surface area (Å²) < 4.78 is 6.32. The number of halogens is 1. The van der Waals surface area contributed by atoms with Crippen LogP contribution in [0.1, 0.15) is 35.1 Å². The number of hydrogen-bond acceptors (Lipinski definition) is 4. The SMILES string of the molecule is O=C([O-])C[C@@H](NC(=O)OCC1c2ccccc2-c2ccccc21)c1cccc(Br)c1. The zero-order chi connectivity index (χ0) is 21.1. The molecule has 0 bridgehead atoms. The molecule has 0 unspecified atom stereocenters. The van der Waals surface area contributed by atoms with Crippen LogP contribution in [0.4, 0.5) is 4.79 Å². The Balaban J connectivity index is 1.48. The second kappa shape index (κ2) is 8.71. The number of aliphatic carboxylic acids is 1. The van der Waals surface area contributed by atoms with Crippen LogP contribution in [0.25, 0.3) is 11.1 Å². The number of nitrogens with one attached hydrogen (secondary N) is 1. The van der Waals surface area contributed by atoms with Crippen molar-refractivity contribution in [3.63, 3.8) is 0 Å². The van der Waals surface area contributed by atoms with Crippen LogP contribution < -0.4 is 10.4 Å². The summed E-state index contributed by atoms with van der Waals surface area (Å²) >= 11 is 3.36. The molecule has 3 aromatic rings. The molecule has 0 saturated carbocycles. The van der Waals surface area contributed by atoms with Gasteiger partial charge < -0.3 is 20.0 Å². The summed E-state index contributed by atoms with van der Waals surface area (Å²) in [4.78, 5) is 23.7. The number of fused-ring (bicyclic) bond motifs is 3. The highest BCUT2D eigenvalue weighted by atomic mass is 79.9. The lowest BCUT2D eigenvalue weighted by Crippen LogP contribution is -2.35. The Bertz CT molecular complexity index is 1050. The van der Waals surface area contributed by atoms with Crippen molar-refractivity contribution >= 4 is 28.0 Å². The van der Waals surface area contributed by atoms with Crippen molar-refractivity contribution in [2.75, 3.05) is 6.61 Å². The maximum absolute atomic E-state index is 12.5. The van der Waals surface area contributed by atoms with Gasteiger partial charge >= 0.3 is 6.09 Å². The minimum Gasteiger partial charge on any atom is -0.550 e. The van der Waals surface area contributed by atoms with Crippen LogP contribution in [0.5, 0.6) is 0 Å². The second-order valence-electron chi connectivity index (χ2n) is 7.15. The van der Waals surface area contributed by atoms with E-state index in [4.69, 9.17) is 4.74 Å². The molecule has 5 nitrogen and oxygen atoms in total. The van der Waals surface area contributed by atoms with E-state index in [1.165, 1.54) is 0 Å². The van der Waals surface area contributed by atoms with Gasteiger partial charge in [-0.25, -0.2) is 4.79 Å². The molecule has 152 valence electrons. The fourth-order valence-corrected chi connectivity index (χ4v) is 4.34. The lowest BCUT2D eigenvalue weighted by molar-refractivity contribution is -0.306. The van der Waals surface area contributed by atoms with E-state index in [2.05, 4.69) is 33.4 Å². The summed E-state index contributed by atoms with van der Waals surface area (Å²) in [5, 5.41) is 13.8. The van der Waals surface area contributed by atoms with Gasteiger partial charge in [0.15, 0.2) is 0 Å². The molecule has 0 fully saturated rings. The summed E-state index contributed by atoms with van der Waals surface area (Å²) in [6.45, 7) is 0.163. The van der Waals surface area contributed by atoms with Crippen molar-refractivity contribution < 1.29 is 19.4 Å². The predicted octanol–water partition coefficient (Wildman–Crippen LogP) is 4.17. The Labute approximate surface area is 182 Å². The summed E-state index contributed by atoms with van der Waals surface area (Å²) in [5.74, 6) is -1.31. The second-order valence-corrected chi connectivity index (χ2v) is 8.07. The van der Waals surface area contributed by atoms with Gasteiger partial charge in [-0.3, -0.25) is 0 Å². The Kier molecular flexibility index (Phi) is 5.86. The monoisotopic (exact) mass is 464 g/mol. The van der Waals surface area contributed by atoms with Gasteiger partial charge in [0.1, 0.15) is 6.61 Å². The molecule has 1 amide bonds. The quantitative estimate of drug-likeness (QED) is 0.593. The van der Waals surface area contributed by atoms with Crippen LogP contribution in [0, 0.1) is 0 Å². The first-order chi connectivity index (χ1) is 14.5. The van der Waals surface area contributed by atoms with Gasteiger partial charge in [-0.2, -0.15) is 0 Å². The van der Waals surface area contributed by atoms with Gasteiger partial charge in [0.05, 0.1) is 6.04 Å². The first kappa shape index (κ1) is 20.2. The number of rotatable bonds is 6. The highest BCUT2D eigenvalue weighted by Gasteiger charge is 2.29. The van der Waals surface area contributed by atoms with Gasteiger partial charge in [0, 0.05) is 22.8 Å². The van der Waals surface area contributed by atoms with Crippen LogP contribution in [-0.2, 0) is 9.53 Å². The third-order valence-corrected chi connectivity index (χ3v) is 5.75. The van der Waals surface area contributed by atoms with Gasteiger partial charge in [-0.15, -0.1) is 0 Å².